The minimum atomic E-state index is -0.569. The summed E-state index contributed by atoms with van der Waals surface area (Å²) in [6.07, 6.45) is 1.56. The van der Waals surface area contributed by atoms with Gasteiger partial charge in [-0.1, -0.05) is 29.8 Å². The zero-order valence-electron chi connectivity index (χ0n) is 13.3. The number of hydrogen-bond donors (Lipinski definition) is 2. The van der Waals surface area contributed by atoms with Crippen molar-refractivity contribution in [2.45, 2.75) is 0 Å². The Bertz CT molecular complexity index is 936. The second kappa shape index (κ2) is 7.27. The number of rotatable bonds is 5. The van der Waals surface area contributed by atoms with E-state index in [0.717, 1.165) is 10.9 Å². The zero-order valence-corrected chi connectivity index (χ0v) is 14.1. The summed E-state index contributed by atoms with van der Waals surface area (Å²) in [5.74, 6) is -0.528. The fraction of sp³-hybridized carbons (Fsp3) is 0.111. The fourth-order valence-electron chi connectivity index (χ4n) is 2.39. The van der Waals surface area contributed by atoms with Crippen LogP contribution in [0.4, 0.5) is 5.69 Å². The summed E-state index contributed by atoms with van der Waals surface area (Å²) in [5.41, 5.74) is 1.70. The van der Waals surface area contributed by atoms with Gasteiger partial charge in [-0.2, -0.15) is 0 Å². The van der Waals surface area contributed by atoms with Crippen LogP contribution in [-0.4, -0.2) is 30.6 Å². The summed E-state index contributed by atoms with van der Waals surface area (Å²) >= 11 is 6.00. The van der Waals surface area contributed by atoms with E-state index >= 15 is 0 Å². The van der Waals surface area contributed by atoms with Crippen molar-refractivity contribution >= 4 is 40.1 Å². The van der Waals surface area contributed by atoms with Crippen LogP contribution in [0.5, 0.6) is 5.75 Å². The van der Waals surface area contributed by atoms with Crippen LogP contribution in [0.1, 0.15) is 10.4 Å². The highest BCUT2D eigenvalue weighted by molar-refractivity contribution is 6.32. The summed E-state index contributed by atoms with van der Waals surface area (Å²) in [6, 6.07) is 12.2. The second-order valence-corrected chi connectivity index (χ2v) is 5.63. The topological polar surface area (TPSA) is 80.4 Å². The first-order chi connectivity index (χ1) is 12.1. The number of carbonyl (C=O) groups is 2. The molecule has 3 rings (SSSR count). The Labute approximate surface area is 148 Å². The van der Waals surface area contributed by atoms with E-state index in [-0.39, 0.29) is 0 Å². The van der Waals surface area contributed by atoms with Gasteiger partial charge in [0.1, 0.15) is 5.75 Å². The summed E-state index contributed by atoms with van der Waals surface area (Å²) in [4.78, 5) is 27.1. The highest BCUT2D eigenvalue weighted by Crippen LogP contribution is 2.27. The van der Waals surface area contributed by atoms with Crippen molar-refractivity contribution < 1.29 is 19.1 Å². The van der Waals surface area contributed by atoms with Crippen LogP contribution in [0.2, 0.25) is 5.02 Å². The Kier molecular flexibility index (Phi) is 4.90. The Balaban J connectivity index is 1.60. The van der Waals surface area contributed by atoms with Crippen molar-refractivity contribution in [2.24, 2.45) is 0 Å². The Hall–Kier alpha value is -2.99. The maximum Gasteiger partial charge on any atom is 0.340 e. The predicted octanol–water partition coefficient (Wildman–Crippen LogP) is 3.63. The molecule has 7 heteroatoms. The Morgan fingerprint density at radius 1 is 1.20 bits per heavy atom. The normalized spacial score (nSPS) is 10.5. The van der Waals surface area contributed by atoms with Gasteiger partial charge in [-0.05, 0) is 24.3 Å². The largest absolute Gasteiger partial charge is 0.495 e. The third-order valence-electron chi connectivity index (χ3n) is 3.58. The number of benzene rings is 2. The molecule has 128 valence electrons. The van der Waals surface area contributed by atoms with Crippen LogP contribution < -0.4 is 10.1 Å². The van der Waals surface area contributed by atoms with Crippen LogP contribution in [0, 0.1) is 0 Å². The lowest BCUT2D eigenvalue weighted by atomic mass is 10.2. The number of nitrogens with one attached hydrogen (secondary N) is 2. The maximum atomic E-state index is 12.2. The lowest BCUT2D eigenvalue weighted by molar-refractivity contribution is -0.119. The maximum absolute atomic E-state index is 12.2. The highest BCUT2D eigenvalue weighted by Gasteiger charge is 2.15. The molecule has 1 amide bonds. The molecule has 0 atom stereocenters. The molecule has 1 aromatic heterocycles. The van der Waals surface area contributed by atoms with Gasteiger partial charge in [-0.15, -0.1) is 0 Å². The number of halogens is 1. The number of carbonyl (C=O) groups excluding carboxylic acids is 2. The van der Waals surface area contributed by atoms with E-state index in [1.165, 1.54) is 7.11 Å². The highest BCUT2D eigenvalue weighted by atomic mass is 35.5. The SMILES string of the molecule is COc1ccc(NC(=O)COC(=O)c2c[nH]c3ccccc23)cc1Cl. The zero-order chi connectivity index (χ0) is 17.8. The average Bonchev–Trinajstić information content (AvgIpc) is 3.04. The van der Waals surface area contributed by atoms with Gasteiger partial charge in [0.05, 0.1) is 17.7 Å². The van der Waals surface area contributed by atoms with Gasteiger partial charge in [0.15, 0.2) is 6.61 Å². The number of aromatic amines is 1. The van der Waals surface area contributed by atoms with Gasteiger partial charge in [-0.25, -0.2) is 4.79 Å². The van der Waals surface area contributed by atoms with Crippen molar-refractivity contribution in [3.05, 3.63) is 59.2 Å². The minimum Gasteiger partial charge on any atom is -0.495 e. The third-order valence-corrected chi connectivity index (χ3v) is 3.87. The molecule has 0 fully saturated rings. The van der Waals surface area contributed by atoms with Gasteiger partial charge in [0, 0.05) is 22.8 Å². The average molecular weight is 359 g/mol. The van der Waals surface area contributed by atoms with E-state index in [9.17, 15) is 9.59 Å². The van der Waals surface area contributed by atoms with Gasteiger partial charge in [0.2, 0.25) is 0 Å². The molecule has 0 spiro atoms. The summed E-state index contributed by atoms with van der Waals surface area (Å²) < 4.78 is 10.1. The first-order valence-electron chi connectivity index (χ1n) is 7.45. The molecule has 2 N–H and O–H groups in total. The number of para-hydroxylation sites is 1. The van der Waals surface area contributed by atoms with Crippen LogP contribution >= 0.6 is 11.6 Å². The molecule has 1 heterocycles. The number of anilines is 1. The van der Waals surface area contributed by atoms with E-state index < -0.39 is 18.5 Å². The van der Waals surface area contributed by atoms with Gasteiger partial charge < -0.3 is 19.8 Å². The minimum absolute atomic E-state index is 0.371. The van der Waals surface area contributed by atoms with E-state index in [4.69, 9.17) is 21.1 Å². The van der Waals surface area contributed by atoms with E-state index in [1.807, 2.05) is 24.3 Å². The Morgan fingerprint density at radius 3 is 2.76 bits per heavy atom. The molecule has 3 aromatic rings. The number of methoxy groups -OCH3 is 1. The second-order valence-electron chi connectivity index (χ2n) is 5.22. The number of H-pyrrole nitrogens is 1. The summed E-state index contributed by atoms with van der Waals surface area (Å²) in [6.45, 7) is -0.401. The fourth-order valence-corrected chi connectivity index (χ4v) is 2.65. The standard InChI is InChI=1S/C18H15ClN2O4/c1-24-16-7-6-11(8-14(16)19)21-17(22)10-25-18(23)13-9-20-15-5-3-2-4-12(13)15/h2-9,20H,10H2,1H3,(H,21,22). The number of aromatic nitrogens is 1. The van der Waals surface area contributed by atoms with E-state index in [0.29, 0.717) is 22.0 Å². The van der Waals surface area contributed by atoms with E-state index in [2.05, 4.69) is 10.3 Å². The molecular weight excluding hydrogens is 344 g/mol. The summed E-state index contributed by atoms with van der Waals surface area (Å²) in [7, 11) is 1.50. The van der Waals surface area contributed by atoms with Crippen molar-refractivity contribution in [1.82, 2.24) is 4.98 Å². The van der Waals surface area contributed by atoms with Gasteiger partial charge >= 0.3 is 5.97 Å². The molecule has 0 bridgehead atoms. The number of hydrogen-bond acceptors (Lipinski definition) is 4. The van der Waals surface area contributed by atoms with Crippen LogP contribution in [0.25, 0.3) is 10.9 Å². The molecule has 0 radical (unpaired) electrons. The van der Waals surface area contributed by atoms with Gasteiger partial charge in [-0.3, -0.25) is 4.79 Å². The number of esters is 1. The number of fused-ring (bicyclic) bond motifs is 1. The van der Waals surface area contributed by atoms with Crippen LogP contribution in [-0.2, 0) is 9.53 Å². The number of amides is 1. The smallest absolute Gasteiger partial charge is 0.340 e. The van der Waals surface area contributed by atoms with Gasteiger partial charge in [0.25, 0.3) is 5.91 Å². The lowest BCUT2D eigenvalue weighted by Gasteiger charge is -2.08. The first kappa shape index (κ1) is 16.9. The number of ether oxygens (including phenoxy) is 2. The molecule has 0 aliphatic carbocycles. The van der Waals surface area contributed by atoms with Crippen molar-refractivity contribution in [2.75, 3.05) is 19.0 Å². The monoisotopic (exact) mass is 358 g/mol. The molecule has 6 nitrogen and oxygen atoms in total. The van der Waals surface area contributed by atoms with E-state index in [1.54, 1.807) is 24.4 Å². The van der Waals surface area contributed by atoms with Crippen LogP contribution in [0.3, 0.4) is 0 Å². The molecule has 0 saturated carbocycles. The molecule has 2 aromatic carbocycles. The molecule has 0 saturated heterocycles. The first-order valence-corrected chi connectivity index (χ1v) is 7.83. The molecule has 0 aliphatic heterocycles. The van der Waals surface area contributed by atoms with Crippen molar-refractivity contribution in [3.63, 3.8) is 0 Å². The third kappa shape index (κ3) is 3.75. The molecular formula is C18H15ClN2O4. The lowest BCUT2D eigenvalue weighted by Crippen LogP contribution is -2.20. The van der Waals surface area contributed by atoms with Crippen molar-refractivity contribution in [1.29, 1.82) is 0 Å². The molecule has 0 aliphatic rings. The summed E-state index contributed by atoms with van der Waals surface area (Å²) in [5, 5.41) is 3.72. The molecule has 25 heavy (non-hydrogen) atoms. The quantitative estimate of drug-likeness (QED) is 0.682. The Morgan fingerprint density at radius 2 is 2.00 bits per heavy atom. The van der Waals surface area contributed by atoms with Crippen molar-refractivity contribution in [3.8, 4) is 5.75 Å². The molecule has 0 unspecified atom stereocenters. The predicted molar refractivity (Wildman–Crippen MR) is 95.2 cm³/mol. The van der Waals surface area contributed by atoms with Crippen LogP contribution in [0.15, 0.2) is 48.7 Å².